The topological polar surface area (TPSA) is 72.7 Å². The Morgan fingerprint density at radius 3 is 2.62 bits per heavy atom. The number of carbonyl (C=O) groups is 1. The molecule has 6 nitrogen and oxygen atoms in total. The van der Waals surface area contributed by atoms with E-state index in [4.69, 9.17) is 0 Å². The van der Waals surface area contributed by atoms with Gasteiger partial charge in [0.05, 0.1) is 21.7 Å². The van der Waals surface area contributed by atoms with Crippen molar-refractivity contribution < 1.29 is 4.79 Å². The second kappa shape index (κ2) is 11.0. The highest BCUT2D eigenvalue weighted by Gasteiger charge is 2.14. The largest absolute Gasteiger partial charge is 0.325 e. The molecule has 0 aliphatic carbocycles. The van der Waals surface area contributed by atoms with E-state index >= 15 is 0 Å². The van der Waals surface area contributed by atoms with Crippen LogP contribution >= 0.6 is 34.9 Å². The van der Waals surface area contributed by atoms with Gasteiger partial charge in [0.25, 0.3) is 0 Å². The standard InChI is InChI=1S/C23H25N5OS3/c1-3-7-16-10-12-17(13-11-16)24-21(29)15-30-22-27-26-20(28(22)4-2)14-31-23-25-18-8-5-6-9-19(18)32-23/h5-6,8-13H,3-4,7,14-15H2,1-2H3,(H,24,29). The first-order valence-corrected chi connectivity index (χ1v) is 13.4. The number of fused-ring (bicyclic) bond motifs is 1. The molecular weight excluding hydrogens is 458 g/mol. The van der Waals surface area contributed by atoms with Gasteiger partial charge in [0.2, 0.25) is 5.91 Å². The normalized spacial score (nSPS) is 11.2. The number of aryl methyl sites for hydroxylation is 1. The lowest BCUT2D eigenvalue weighted by Gasteiger charge is -2.08. The van der Waals surface area contributed by atoms with Crippen LogP contribution in [0.15, 0.2) is 58.0 Å². The number of aromatic nitrogens is 4. The Morgan fingerprint density at radius 2 is 1.88 bits per heavy atom. The van der Waals surface area contributed by atoms with E-state index in [9.17, 15) is 4.79 Å². The number of rotatable bonds is 10. The van der Waals surface area contributed by atoms with Gasteiger partial charge in [-0.15, -0.1) is 21.5 Å². The van der Waals surface area contributed by atoms with E-state index in [0.717, 1.165) is 45.9 Å². The molecule has 1 N–H and O–H groups in total. The molecule has 2 aromatic heterocycles. The summed E-state index contributed by atoms with van der Waals surface area (Å²) in [6, 6.07) is 16.2. The number of hydrogen-bond acceptors (Lipinski definition) is 7. The lowest BCUT2D eigenvalue weighted by atomic mass is 10.1. The van der Waals surface area contributed by atoms with Crippen molar-refractivity contribution in [2.45, 2.75) is 48.5 Å². The molecule has 4 aromatic rings. The first kappa shape index (κ1) is 22.8. The Kier molecular flexibility index (Phi) is 7.83. The van der Waals surface area contributed by atoms with Crippen LogP contribution in [0.2, 0.25) is 0 Å². The zero-order valence-corrected chi connectivity index (χ0v) is 20.5. The van der Waals surface area contributed by atoms with Crippen molar-refractivity contribution in [1.82, 2.24) is 19.7 Å². The fourth-order valence-electron chi connectivity index (χ4n) is 3.26. The van der Waals surface area contributed by atoms with Crippen molar-refractivity contribution in [3.05, 3.63) is 59.9 Å². The number of para-hydroxylation sites is 1. The molecule has 0 spiro atoms. The van der Waals surface area contributed by atoms with Crippen molar-refractivity contribution >= 4 is 56.7 Å². The third-order valence-corrected chi connectivity index (χ3v) is 7.96. The molecule has 0 saturated carbocycles. The van der Waals surface area contributed by atoms with Gasteiger partial charge in [0.15, 0.2) is 9.50 Å². The van der Waals surface area contributed by atoms with E-state index < -0.39 is 0 Å². The smallest absolute Gasteiger partial charge is 0.234 e. The van der Waals surface area contributed by atoms with Crippen LogP contribution in [0.5, 0.6) is 0 Å². The molecule has 0 radical (unpaired) electrons. The van der Waals surface area contributed by atoms with Crippen LogP contribution in [-0.2, 0) is 23.5 Å². The Balaban J connectivity index is 1.32. The van der Waals surface area contributed by atoms with Crippen LogP contribution < -0.4 is 5.32 Å². The second-order valence-electron chi connectivity index (χ2n) is 7.16. The lowest BCUT2D eigenvalue weighted by molar-refractivity contribution is -0.113. The van der Waals surface area contributed by atoms with Gasteiger partial charge in [0, 0.05) is 12.2 Å². The van der Waals surface area contributed by atoms with Crippen LogP contribution in [0, 0.1) is 0 Å². The minimum absolute atomic E-state index is 0.0469. The Bertz CT molecular complexity index is 1150. The average Bonchev–Trinajstić information content (AvgIpc) is 3.40. The summed E-state index contributed by atoms with van der Waals surface area (Å²) in [5.41, 5.74) is 3.13. The number of nitrogens with one attached hydrogen (secondary N) is 1. The van der Waals surface area contributed by atoms with Gasteiger partial charge < -0.3 is 9.88 Å². The van der Waals surface area contributed by atoms with Gasteiger partial charge in [-0.3, -0.25) is 4.79 Å². The van der Waals surface area contributed by atoms with Crippen LogP contribution in [-0.4, -0.2) is 31.4 Å². The molecule has 9 heteroatoms. The lowest BCUT2D eigenvalue weighted by Crippen LogP contribution is -2.14. The Labute approximate surface area is 200 Å². The van der Waals surface area contributed by atoms with Crippen molar-refractivity contribution in [1.29, 1.82) is 0 Å². The molecule has 0 saturated heterocycles. The highest BCUT2D eigenvalue weighted by atomic mass is 32.2. The number of carbonyl (C=O) groups excluding carboxylic acids is 1. The summed E-state index contributed by atoms with van der Waals surface area (Å²) in [7, 11) is 0. The third kappa shape index (κ3) is 5.70. The summed E-state index contributed by atoms with van der Waals surface area (Å²) in [5, 5.41) is 12.4. The predicted octanol–water partition coefficient (Wildman–Crippen LogP) is 5.88. The fourth-order valence-corrected chi connectivity index (χ4v) is 6.09. The summed E-state index contributed by atoms with van der Waals surface area (Å²) < 4.78 is 4.28. The van der Waals surface area contributed by atoms with E-state index in [0.29, 0.717) is 11.5 Å². The summed E-state index contributed by atoms with van der Waals surface area (Å²) in [5.74, 6) is 1.83. The monoisotopic (exact) mass is 483 g/mol. The van der Waals surface area contributed by atoms with Gasteiger partial charge >= 0.3 is 0 Å². The quantitative estimate of drug-likeness (QED) is 0.284. The highest BCUT2D eigenvalue weighted by Crippen LogP contribution is 2.31. The summed E-state index contributed by atoms with van der Waals surface area (Å²) in [6.07, 6.45) is 2.16. The molecule has 4 rings (SSSR count). The first-order valence-electron chi connectivity index (χ1n) is 10.6. The van der Waals surface area contributed by atoms with Gasteiger partial charge in [-0.25, -0.2) is 4.98 Å². The molecule has 0 fully saturated rings. The Hall–Kier alpha value is -2.36. The highest BCUT2D eigenvalue weighted by molar-refractivity contribution is 8.00. The van der Waals surface area contributed by atoms with Crippen LogP contribution in [0.25, 0.3) is 10.2 Å². The zero-order valence-electron chi connectivity index (χ0n) is 18.1. The predicted molar refractivity (Wildman–Crippen MR) is 135 cm³/mol. The number of nitrogens with zero attached hydrogens (tertiary/aromatic N) is 4. The summed E-state index contributed by atoms with van der Waals surface area (Å²) in [6.45, 7) is 4.98. The fraction of sp³-hybridized carbons (Fsp3) is 0.304. The van der Waals surface area contributed by atoms with Crippen molar-refractivity contribution in [3.8, 4) is 0 Å². The van der Waals surface area contributed by atoms with E-state index in [1.807, 2.05) is 30.3 Å². The molecule has 2 heterocycles. The minimum atomic E-state index is -0.0469. The van der Waals surface area contributed by atoms with E-state index in [2.05, 4.69) is 57.1 Å². The van der Waals surface area contributed by atoms with Crippen LogP contribution in [0.1, 0.15) is 31.7 Å². The number of amides is 1. The summed E-state index contributed by atoms with van der Waals surface area (Å²) >= 11 is 4.77. The molecule has 0 unspecified atom stereocenters. The van der Waals surface area contributed by atoms with Crippen molar-refractivity contribution in [2.24, 2.45) is 0 Å². The molecule has 0 aliphatic heterocycles. The van der Waals surface area contributed by atoms with Crippen LogP contribution in [0.4, 0.5) is 5.69 Å². The van der Waals surface area contributed by atoms with E-state index in [1.54, 1.807) is 23.1 Å². The maximum Gasteiger partial charge on any atom is 0.234 e. The van der Waals surface area contributed by atoms with E-state index in [-0.39, 0.29) is 5.91 Å². The maximum absolute atomic E-state index is 12.4. The van der Waals surface area contributed by atoms with Gasteiger partial charge in [-0.1, -0.05) is 61.1 Å². The molecule has 0 atom stereocenters. The summed E-state index contributed by atoms with van der Waals surface area (Å²) in [4.78, 5) is 17.1. The maximum atomic E-state index is 12.4. The van der Waals surface area contributed by atoms with Crippen molar-refractivity contribution in [3.63, 3.8) is 0 Å². The molecular formula is C23H25N5OS3. The average molecular weight is 484 g/mol. The molecule has 166 valence electrons. The van der Waals surface area contributed by atoms with E-state index in [1.165, 1.54) is 22.0 Å². The molecule has 1 amide bonds. The molecule has 0 aliphatic rings. The first-order chi connectivity index (χ1) is 15.7. The number of hydrogen-bond donors (Lipinski definition) is 1. The Morgan fingerprint density at radius 1 is 1.06 bits per heavy atom. The van der Waals surface area contributed by atoms with Crippen LogP contribution in [0.3, 0.4) is 0 Å². The number of anilines is 1. The van der Waals surface area contributed by atoms with Crippen molar-refractivity contribution in [2.75, 3.05) is 11.1 Å². The van der Waals surface area contributed by atoms with Gasteiger partial charge in [-0.05, 0) is 43.2 Å². The molecule has 32 heavy (non-hydrogen) atoms. The molecule has 0 bridgehead atoms. The second-order valence-corrected chi connectivity index (χ2v) is 10.4. The van der Waals surface area contributed by atoms with Gasteiger partial charge in [-0.2, -0.15) is 0 Å². The molecule has 2 aromatic carbocycles. The number of thioether (sulfide) groups is 2. The SMILES string of the molecule is CCCc1ccc(NC(=O)CSc2nnc(CSc3nc4ccccc4s3)n2CC)cc1. The zero-order chi connectivity index (χ0) is 22.3. The number of thiazole rings is 1. The number of benzene rings is 2. The minimum Gasteiger partial charge on any atom is -0.325 e. The van der Waals surface area contributed by atoms with Gasteiger partial charge in [0.1, 0.15) is 5.82 Å². The third-order valence-electron chi connectivity index (χ3n) is 4.82.